The second-order valence-corrected chi connectivity index (χ2v) is 6.39. The number of nitriles is 1. The summed E-state index contributed by atoms with van der Waals surface area (Å²) in [7, 11) is 0. The largest absolute Gasteiger partial charge is 0.360 e. The summed E-state index contributed by atoms with van der Waals surface area (Å²) in [6.07, 6.45) is 4.79. The maximum Gasteiger partial charge on any atom is 0.267 e. The van der Waals surface area contributed by atoms with Gasteiger partial charge in [0.05, 0.1) is 0 Å². The molecule has 2 rings (SSSR count). The van der Waals surface area contributed by atoms with Crippen molar-refractivity contribution in [2.24, 2.45) is 0 Å². The summed E-state index contributed by atoms with van der Waals surface area (Å²) in [5.74, 6) is -0.425. The van der Waals surface area contributed by atoms with Gasteiger partial charge in [0.25, 0.3) is 5.91 Å². The molecule has 2 aromatic rings. The third-order valence-electron chi connectivity index (χ3n) is 4.15. The van der Waals surface area contributed by atoms with Crippen molar-refractivity contribution in [1.29, 1.82) is 5.26 Å². The fourth-order valence-corrected chi connectivity index (χ4v) is 2.61. The van der Waals surface area contributed by atoms with E-state index in [1.165, 1.54) is 11.8 Å². The van der Waals surface area contributed by atoms with Crippen molar-refractivity contribution in [2.45, 2.75) is 40.0 Å². The van der Waals surface area contributed by atoms with E-state index in [1.54, 1.807) is 0 Å². The molecule has 26 heavy (non-hydrogen) atoms. The van der Waals surface area contributed by atoms with E-state index < -0.39 is 5.91 Å². The summed E-state index contributed by atoms with van der Waals surface area (Å²) in [5.41, 5.74) is 5.05. The van der Waals surface area contributed by atoms with E-state index in [-0.39, 0.29) is 5.57 Å². The van der Waals surface area contributed by atoms with Gasteiger partial charge in [-0.15, -0.1) is 0 Å². The van der Waals surface area contributed by atoms with Gasteiger partial charge in [-0.3, -0.25) is 4.79 Å². The molecule has 4 nitrogen and oxygen atoms in total. The van der Waals surface area contributed by atoms with Crippen LogP contribution >= 0.6 is 0 Å². The van der Waals surface area contributed by atoms with Crippen molar-refractivity contribution in [3.8, 4) is 6.07 Å². The van der Waals surface area contributed by atoms with Crippen LogP contribution in [0.1, 0.15) is 36.5 Å². The van der Waals surface area contributed by atoms with E-state index in [4.69, 9.17) is 0 Å². The quantitative estimate of drug-likeness (QED) is 0.541. The molecular formula is C22H25N3O. The predicted octanol–water partition coefficient (Wildman–Crippen LogP) is 5.10. The van der Waals surface area contributed by atoms with Crippen LogP contribution in [0.5, 0.6) is 0 Å². The molecule has 0 fully saturated rings. The molecule has 0 radical (unpaired) electrons. The Labute approximate surface area is 155 Å². The summed E-state index contributed by atoms with van der Waals surface area (Å²) in [6.45, 7) is 6.17. The monoisotopic (exact) mass is 347 g/mol. The highest BCUT2D eigenvalue weighted by Crippen LogP contribution is 2.17. The van der Waals surface area contributed by atoms with E-state index in [0.717, 1.165) is 36.1 Å². The van der Waals surface area contributed by atoms with Crippen LogP contribution in [-0.2, 0) is 11.2 Å². The molecule has 0 bridgehead atoms. The maximum atomic E-state index is 12.3. The van der Waals surface area contributed by atoms with Gasteiger partial charge in [-0.2, -0.15) is 5.26 Å². The van der Waals surface area contributed by atoms with Crippen LogP contribution < -0.4 is 10.6 Å². The number of rotatable bonds is 7. The Hall–Kier alpha value is -3.06. The number of anilines is 2. The highest BCUT2D eigenvalue weighted by Gasteiger charge is 2.09. The van der Waals surface area contributed by atoms with Crippen molar-refractivity contribution in [2.75, 3.05) is 10.6 Å². The van der Waals surface area contributed by atoms with Gasteiger partial charge in [0.15, 0.2) is 0 Å². The number of nitrogens with one attached hydrogen (secondary N) is 2. The third-order valence-corrected chi connectivity index (χ3v) is 4.15. The van der Waals surface area contributed by atoms with Gasteiger partial charge >= 0.3 is 0 Å². The Bertz CT molecular complexity index is 829. The van der Waals surface area contributed by atoms with Crippen LogP contribution in [0.25, 0.3) is 0 Å². The first-order chi connectivity index (χ1) is 12.5. The van der Waals surface area contributed by atoms with Crippen LogP contribution in [0.2, 0.25) is 0 Å². The molecule has 0 aromatic heterocycles. The Morgan fingerprint density at radius 2 is 1.88 bits per heavy atom. The van der Waals surface area contributed by atoms with E-state index in [9.17, 15) is 10.1 Å². The predicted molar refractivity (Wildman–Crippen MR) is 107 cm³/mol. The lowest BCUT2D eigenvalue weighted by Gasteiger charge is -2.08. The smallest absolute Gasteiger partial charge is 0.267 e. The second kappa shape index (κ2) is 9.43. The normalized spacial score (nSPS) is 10.9. The average Bonchev–Trinajstić information content (AvgIpc) is 2.63. The number of hydrogen-bond acceptors (Lipinski definition) is 3. The Morgan fingerprint density at radius 1 is 1.15 bits per heavy atom. The van der Waals surface area contributed by atoms with Crippen LogP contribution in [0.15, 0.2) is 54.2 Å². The van der Waals surface area contributed by atoms with Crippen molar-refractivity contribution < 1.29 is 4.79 Å². The zero-order chi connectivity index (χ0) is 18.9. The van der Waals surface area contributed by atoms with E-state index in [0.29, 0.717) is 5.69 Å². The minimum atomic E-state index is -0.425. The summed E-state index contributed by atoms with van der Waals surface area (Å²) in [4.78, 5) is 12.3. The first-order valence-electron chi connectivity index (χ1n) is 8.88. The van der Waals surface area contributed by atoms with Crippen LogP contribution in [-0.4, -0.2) is 5.91 Å². The molecule has 0 atom stereocenters. The molecule has 1 amide bonds. The summed E-state index contributed by atoms with van der Waals surface area (Å²) in [6, 6.07) is 15.7. The second-order valence-electron chi connectivity index (χ2n) is 6.39. The lowest BCUT2D eigenvalue weighted by atomic mass is 10.1. The first-order valence-corrected chi connectivity index (χ1v) is 8.88. The number of unbranched alkanes of at least 4 members (excludes halogenated alkanes) is 1. The molecule has 4 heteroatoms. The van der Waals surface area contributed by atoms with Gasteiger partial charge in [0.1, 0.15) is 11.6 Å². The highest BCUT2D eigenvalue weighted by atomic mass is 16.1. The van der Waals surface area contributed by atoms with Gasteiger partial charge in [0.2, 0.25) is 0 Å². The summed E-state index contributed by atoms with van der Waals surface area (Å²) >= 11 is 0. The van der Waals surface area contributed by atoms with Crippen LogP contribution in [0.3, 0.4) is 0 Å². The average molecular weight is 347 g/mol. The third kappa shape index (κ3) is 5.49. The number of nitrogens with zero attached hydrogens (tertiary/aromatic N) is 1. The molecule has 0 aliphatic carbocycles. The number of carbonyl (C=O) groups is 1. The van der Waals surface area contributed by atoms with Crippen LogP contribution in [0, 0.1) is 25.2 Å². The molecule has 0 saturated heterocycles. The molecule has 0 spiro atoms. The van der Waals surface area contributed by atoms with Gasteiger partial charge in [0, 0.05) is 17.6 Å². The molecule has 0 aliphatic heterocycles. The zero-order valence-corrected chi connectivity index (χ0v) is 15.6. The Kier molecular flexibility index (Phi) is 6.99. The van der Waals surface area contributed by atoms with Gasteiger partial charge in [-0.25, -0.2) is 0 Å². The van der Waals surface area contributed by atoms with Gasteiger partial charge < -0.3 is 10.6 Å². The maximum absolute atomic E-state index is 12.3. The minimum absolute atomic E-state index is 0.0278. The van der Waals surface area contributed by atoms with E-state index >= 15 is 0 Å². The van der Waals surface area contributed by atoms with Crippen LogP contribution in [0.4, 0.5) is 11.4 Å². The fraction of sp³-hybridized carbons (Fsp3) is 0.273. The van der Waals surface area contributed by atoms with E-state index in [2.05, 4.69) is 17.6 Å². The molecule has 2 aromatic carbocycles. The van der Waals surface area contributed by atoms with Crippen molar-refractivity contribution in [3.63, 3.8) is 0 Å². The molecule has 2 N–H and O–H groups in total. The molecule has 0 saturated carbocycles. The summed E-state index contributed by atoms with van der Waals surface area (Å²) in [5, 5.41) is 15.1. The van der Waals surface area contributed by atoms with Gasteiger partial charge in [-0.1, -0.05) is 43.2 Å². The topological polar surface area (TPSA) is 64.9 Å². The van der Waals surface area contributed by atoms with Crippen molar-refractivity contribution in [1.82, 2.24) is 0 Å². The molecule has 134 valence electrons. The highest BCUT2D eigenvalue weighted by molar-refractivity contribution is 6.06. The number of hydrogen-bond donors (Lipinski definition) is 2. The fourth-order valence-electron chi connectivity index (χ4n) is 2.61. The molecule has 0 aliphatic rings. The number of carbonyl (C=O) groups excluding carboxylic acids is 1. The van der Waals surface area contributed by atoms with E-state index in [1.807, 2.05) is 62.4 Å². The Morgan fingerprint density at radius 3 is 2.50 bits per heavy atom. The molecule has 0 unspecified atom stereocenters. The molecular weight excluding hydrogens is 322 g/mol. The summed E-state index contributed by atoms with van der Waals surface area (Å²) < 4.78 is 0. The van der Waals surface area contributed by atoms with Gasteiger partial charge in [-0.05, 0) is 56.0 Å². The standard InChI is InChI=1S/C22H25N3O/c1-4-5-6-18-8-10-20(11-9-18)25-22(26)19(14-23)15-24-21-12-7-16(2)13-17(21)3/h7-13,15,24H,4-6H2,1-3H3,(H,25,26)/b19-15-. The van der Waals surface area contributed by atoms with Crippen molar-refractivity contribution >= 4 is 17.3 Å². The number of aryl methyl sites for hydroxylation is 3. The SMILES string of the molecule is CCCCc1ccc(NC(=O)/C(C#N)=C\Nc2ccc(C)cc2C)cc1. The Balaban J connectivity index is 2.02. The minimum Gasteiger partial charge on any atom is -0.360 e. The number of benzene rings is 2. The van der Waals surface area contributed by atoms with Crippen molar-refractivity contribution in [3.05, 3.63) is 70.9 Å². The molecule has 0 heterocycles. The lowest BCUT2D eigenvalue weighted by Crippen LogP contribution is -2.14. The first kappa shape index (κ1) is 19.3. The zero-order valence-electron chi connectivity index (χ0n) is 15.6. The lowest BCUT2D eigenvalue weighted by molar-refractivity contribution is -0.112. The number of amides is 1.